The van der Waals surface area contributed by atoms with Crippen molar-refractivity contribution in [1.29, 1.82) is 0 Å². The lowest BCUT2D eigenvalue weighted by atomic mass is 9.82. The number of carbonyl (C=O) groups is 2. The summed E-state index contributed by atoms with van der Waals surface area (Å²) in [5, 5.41) is 7.51. The summed E-state index contributed by atoms with van der Waals surface area (Å²) in [4.78, 5) is 25.9. The standard InChI is InChI=1S/C17H22N4O4/c1-17(24-15(22)10-18)7-5-12(6-8-17)21(2)16(23)11-3-4-13-14(9-11)20-25-19-13/h3-4,9,12H,5-8,10,18H2,1-2H3. The van der Waals surface area contributed by atoms with Crippen LogP contribution in [-0.4, -0.2) is 52.3 Å². The van der Waals surface area contributed by atoms with Crippen molar-refractivity contribution in [1.82, 2.24) is 15.2 Å². The maximum absolute atomic E-state index is 12.7. The highest BCUT2D eigenvalue weighted by molar-refractivity contribution is 5.97. The van der Waals surface area contributed by atoms with E-state index in [9.17, 15) is 9.59 Å². The van der Waals surface area contributed by atoms with Gasteiger partial charge in [0.25, 0.3) is 5.91 Å². The number of esters is 1. The fourth-order valence-electron chi connectivity index (χ4n) is 3.30. The van der Waals surface area contributed by atoms with Gasteiger partial charge in [-0.25, -0.2) is 4.63 Å². The van der Waals surface area contributed by atoms with E-state index < -0.39 is 5.60 Å². The number of fused-ring (bicyclic) bond motifs is 1. The highest BCUT2D eigenvalue weighted by Crippen LogP contribution is 2.33. The lowest BCUT2D eigenvalue weighted by molar-refractivity contribution is -0.160. The minimum absolute atomic E-state index is 0.0718. The molecule has 1 aromatic carbocycles. The molecule has 0 spiro atoms. The van der Waals surface area contributed by atoms with Crippen LogP contribution in [0.3, 0.4) is 0 Å². The molecule has 1 aromatic heterocycles. The van der Waals surface area contributed by atoms with Crippen LogP contribution in [0.4, 0.5) is 0 Å². The molecule has 1 amide bonds. The predicted octanol–water partition coefficient (Wildman–Crippen LogP) is 1.50. The van der Waals surface area contributed by atoms with Crippen LogP contribution >= 0.6 is 0 Å². The second kappa shape index (κ2) is 6.79. The second-order valence-electron chi connectivity index (χ2n) is 6.74. The minimum Gasteiger partial charge on any atom is -0.458 e. The molecule has 0 bridgehead atoms. The van der Waals surface area contributed by atoms with Crippen LogP contribution in [0.25, 0.3) is 11.0 Å². The number of hydrogen-bond donors (Lipinski definition) is 1. The third-order valence-electron chi connectivity index (χ3n) is 4.91. The van der Waals surface area contributed by atoms with Crippen molar-refractivity contribution in [2.75, 3.05) is 13.6 Å². The van der Waals surface area contributed by atoms with E-state index in [1.165, 1.54) is 0 Å². The van der Waals surface area contributed by atoms with Crippen molar-refractivity contribution in [2.45, 2.75) is 44.2 Å². The molecule has 8 nitrogen and oxygen atoms in total. The third kappa shape index (κ3) is 3.63. The van der Waals surface area contributed by atoms with Gasteiger partial charge in [-0.15, -0.1) is 0 Å². The minimum atomic E-state index is -0.498. The first kappa shape index (κ1) is 17.3. The number of carbonyl (C=O) groups excluding carboxylic acids is 2. The first-order valence-electron chi connectivity index (χ1n) is 8.33. The van der Waals surface area contributed by atoms with Crippen LogP contribution in [0.2, 0.25) is 0 Å². The van der Waals surface area contributed by atoms with E-state index in [0.29, 0.717) is 29.4 Å². The molecule has 2 N–H and O–H groups in total. The van der Waals surface area contributed by atoms with Gasteiger partial charge in [0.1, 0.15) is 16.6 Å². The Kier molecular flexibility index (Phi) is 4.71. The molecule has 1 saturated carbocycles. The van der Waals surface area contributed by atoms with Gasteiger partial charge in [0.05, 0.1) is 6.54 Å². The molecule has 0 atom stereocenters. The smallest absolute Gasteiger partial charge is 0.320 e. The van der Waals surface area contributed by atoms with Crippen molar-refractivity contribution in [2.24, 2.45) is 5.73 Å². The molecular formula is C17H22N4O4. The topological polar surface area (TPSA) is 112 Å². The van der Waals surface area contributed by atoms with E-state index in [1.54, 1.807) is 30.1 Å². The Hall–Kier alpha value is -2.48. The van der Waals surface area contributed by atoms with Crippen molar-refractivity contribution in [3.63, 3.8) is 0 Å². The Labute approximate surface area is 145 Å². The van der Waals surface area contributed by atoms with Crippen LogP contribution in [0, 0.1) is 0 Å². The number of aromatic nitrogens is 2. The van der Waals surface area contributed by atoms with Crippen LogP contribution < -0.4 is 5.73 Å². The zero-order chi connectivity index (χ0) is 18.0. The van der Waals surface area contributed by atoms with Crippen molar-refractivity contribution in [3.05, 3.63) is 23.8 Å². The summed E-state index contributed by atoms with van der Waals surface area (Å²) in [5.41, 5.74) is 6.55. The van der Waals surface area contributed by atoms with Crippen LogP contribution in [-0.2, 0) is 9.53 Å². The number of hydrogen-bond acceptors (Lipinski definition) is 7. The highest BCUT2D eigenvalue weighted by atomic mass is 16.6. The van der Waals surface area contributed by atoms with E-state index in [1.807, 2.05) is 6.92 Å². The summed E-state index contributed by atoms with van der Waals surface area (Å²) < 4.78 is 10.1. The van der Waals surface area contributed by atoms with Crippen molar-refractivity contribution >= 4 is 22.9 Å². The molecule has 1 aliphatic carbocycles. The fourth-order valence-corrected chi connectivity index (χ4v) is 3.30. The van der Waals surface area contributed by atoms with E-state index in [-0.39, 0.29) is 24.5 Å². The van der Waals surface area contributed by atoms with Gasteiger partial charge in [0.2, 0.25) is 0 Å². The molecule has 0 saturated heterocycles. The van der Waals surface area contributed by atoms with Crippen molar-refractivity contribution in [3.8, 4) is 0 Å². The zero-order valence-corrected chi connectivity index (χ0v) is 14.4. The number of rotatable bonds is 4. The lowest BCUT2D eigenvalue weighted by Gasteiger charge is -2.40. The normalized spacial score (nSPS) is 23.4. The van der Waals surface area contributed by atoms with Gasteiger partial charge in [-0.3, -0.25) is 9.59 Å². The van der Waals surface area contributed by atoms with Gasteiger partial charge in [-0.2, -0.15) is 0 Å². The Morgan fingerprint density at radius 3 is 2.68 bits per heavy atom. The molecule has 1 aliphatic rings. The first-order valence-corrected chi connectivity index (χ1v) is 8.33. The van der Waals surface area contributed by atoms with E-state index in [0.717, 1.165) is 12.8 Å². The molecule has 0 unspecified atom stereocenters. The third-order valence-corrected chi connectivity index (χ3v) is 4.91. The summed E-state index contributed by atoms with van der Waals surface area (Å²) in [6.45, 7) is 1.81. The molecular weight excluding hydrogens is 324 g/mol. The van der Waals surface area contributed by atoms with Crippen molar-refractivity contribution < 1.29 is 19.0 Å². The SMILES string of the molecule is CN(C(=O)c1ccc2nonc2c1)C1CCC(C)(OC(=O)CN)CC1. The molecule has 134 valence electrons. The molecule has 1 fully saturated rings. The Bertz CT molecular complexity index is 780. The Morgan fingerprint density at radius 2 is 2.00 bits per heavy atom. The summed E-state index contributed by atoms with van der Waals surface area (Å²) in [5.74, 6) is -0.461. The van der Waals surface area contributed by atoms with Crippen LogP contribution in [0.5, 0.6) is 0 Å². The second-order valence-corrected chi connectivity index (χ2v) is 6.74. The van der Waals surface area contributed by atoms with Crippen LogP contribution in [0.15, 0.2) is 22.8 Å². The first-order chi connectivity index (χ1) is 11.9. The number of nitrogens with zero attached hydrogens (tertiary/aromatic N) is 3. The maximum Gasteiger partial charge on any atom is 0.320 e. The summed E-state index contributed by atoms with van der Waals surface area (Å²) >= 11 is 0. The Morgan fingerprint density at radius 1 is 1.32 bits per heavy atom. The summed E-state index contributed by atoms with van der Waals surface area (Å²) in [7, 11) is 1.80. The summed E-state index contributed by atoms with van der Waals surface area (Å²) in [6.07, 6.45) is 2.94. The molecule has 0 aliphatic heterocycles. The van der Waals surface area contributed by atoms with Gasteiger partial charge < -0.3 is 15.4 Å². The molecule has 25 heavy (non-hydrogen) atoms. The van der Waals surface area contributed by atoms with Crippen LogP contribution in [0.1, 0.15) is 43.0 Å². The maximum atomic E-state index is 12.7. The average molecular weight is 346 g/mol. The average Bonchev–Trinajstić information content (AvgIpc) is 3.08. The highest BCUT2D eigenvalue weighted by Gasteiger charge is 2.36. The number of ether oxygens (including phenoxy) is 1. The zero-order valence-electron chi connectivity index (χ0n) is 14.4. The number of benzene rings is 1. The van der Waals surface area contributed by atoms with Gasteiger partial charge in [0.15, 0.2) is 0 Å². The molecule has 8 heteroatoms. The fraction of sp³-hybridized carbons (Fsp3) is 0.529. The largest absolute Gasteiger partial charge is 0.458 e. The summed E-state index contributed by atoms with van der Waals surface area (Å²) in [6, 6.07) is 5.22. The van der Waals surface area contributed by atoms with Gasteiger partial charge in [0, 0.05) is 18.7 Å². The quantitative estimate of drug-likeness (QED) is 0.835. The predicted molar refractivity (Wildman–Crippen MR) is 89.7 cm³/mol. The molecule has 1 heterocycles. The van der Waals surface area contributed by atoms with Gasteiger partial charge >= 0.3 is 5.97 Å². The lowest BCUT2D eigenvalue weighted by Crippen LogP contribution is -2.45. The van der Waals surface area contributed by atoms with Gasteiger partial charge in [-0.05, 0) is 61.1 Å². The molecule has 0 radical (unpaired) electrons. The van der Waals surface area contributed by atoms with E-state index in [4.69, 9.17) is 10.5 Å². The number of nitrogens with two attached hydrogens (primary N) is 1. The molecule has 2 aromatic rings. The van der Waals surface area contributed by atoms with E-state index >= 15 is 0 Å². The molecule has 3 rings (SSSR count). The number of amides is 1. The van der Waals surface area contributed by atoms with E-state index in [2.05, 4.69) is 14.9 Å². The van der Waals surface area contributed by atoms with Gasteiger partial charge in [-0.1, -0.05) is 0 Å². The Balaban J connectivity index is 1.64. The monoisotopic (exact) mass is 346 g/mol.